The zero-order valence-electron chi connectivity index (χ0n) is 27.8. The summed E-state index contributed by atoms with van der Waals surface area (Å²) < 4.78 is 13.5. The van der Waals surface area contributed by atoms with Crippen molar-refractivity contribution in [3.63, 3.8) is 0 Å². The molecule has 1 saturated heterocycles. The summed E-state index contributed by atoms with van der Waals surface area (Å²) in [6, 6.07) is 44.6. The first kappa shape index (κ1) is 33.3. The van der Waals surface area contributed by atoms with Gasteiger partial charge < -0.3 is 19.9 Å². The van der Waals surface area contributed by atoms with E-state index in [-0.39, 0.29) is 36.7 Å². The molecule has 0 aliphatic carbocycles. The fourth-order valence-electron chi connectivity index (χ4n) is 6.40. The summed E-state index contributed by atoms with van der Waals surface area (Å²) in [6.45, 7) is 5.59. The van der Waals surface area contributed by atoms with Crippen molar-refractivity contribution in [2.24, 2.45) is 5.92 Å². The highest BCUT2D eigenvalue weighted by molar-refractivity contribution is 5.94. The number of hydrogen-bond acceptors (Lipinski definition) is 5. The van der Waals surface area contributed by atoms with Gasteiger partial charge in [0.05, 0.1) is 18.8 Å². The molecule has 5 unspecified atom stereocenters. The van der Waals surface area contributed by atoms with E-state index in [1.165, 1.54) is 5.56 Å². The molecule has 6 heteroatoms. The van der Waals surface area contributed by atoms with Gasteiger partial charge in [0.15, 0.2) is 6.29 Å². The summed E-state index contributed by atoms with van der Waals surface area (Å²) in [5.41, 5.74) is 7.95. The van der Waals surface area contributed by atoms with Crippen LogP contribution in [0.2, 0.25) is 0 Å². The second-order valence-electron chi connectivity index (χ2n) is 12.7. The lowest BCUT2D eigenvalue weighted by Gasteiger charge is -2.43. The molecular formula is C42H44N2O4. The molecule has 2 N–H and O–H groups in total. The topological polar surface area (TPSA) is 71.0 Å². The smallest absolute Gasteiger partial charge is 0.251 e. The molecule has 1 aliphatic heterocycles. The normalized spacial score (nSPS) is 19.9. The molecule has 48 heavy (non-hydrogen) atoms. The van der Waals surface area contributed by atoms with Crippen LogP contribution in [0.5, 0.6) is 0 Å². The van der Waals surface area contributed by atoms with Gasteiger partial charge in [0.25, 0.3) is 5.91 Å². The maximum Gasteiger partial charge on any atom is 0.251 e. The minimum atomic E-state index is -0.552. The molecule has 1 heterocycles. The van der Waals surface area contributed by atoms with Crippen molar-refractivity contribution in [1.29, 1.82) is 0 Å². The van der Waals surface area contributed by atoms with Crippen molar-refractivity contribution in [3.8, 4) is 11.1 Å². The third-order valence-electron chi connectivity index (χ3n) is 9.52. The standard InChI is InChI=1S/C42H44N2O4/c1-29-39(27-44(3)30(2)32-12-6-4-7-13-32)47-42(48-40(29)34-20-18-31(28-45)19-21-34)36-24-22-33(23-25-36)38-17-11-10-16-37(38)26-43-41(46)35-14-8-5-9-15-35/h4-25,29-30,39-40,42,45H,26-28H2,1-3H3,(H,43,46). The van der Waals surface area contributed by atoms with Gasteiger partial charge in [0.1, 0.15) is 0 Å². The minimum absolute atomic E-state index is 0.00671. The fraction of sp³-hybridized carbons (Fsp3) is 0.262. The largest absolute Gasteiger partial charge is 0.392 e. The van der Waals surface area contributed by atoms with Crippen LogP contribution in [0.3, 0.4) is 0 Å². The van der Waals surface area contributed by atoms with Crippen molar-refractivity contribution in [1.82, 2.24) is 10.2 Å². The van der Waals surface area contributed by atoms with Gasteiger partial charge in [-0.15, -0.1) is 0 Å². The van der Waals surface area contributed by atoms with Crippen LogP contribution >= 0.6 is 0 Å². The predicted molar refractivity (Wildman–Crippen MR) is 190 cm³/mol. The molecule has 0 spiro atoms. The lowest BCUT2D eigenvalue weighted by atomic mass is 9.89. The first-order valence-electron chi connectivity index (χ1n) is 16.7. The van der Waals surface area contributed by atoms with Crippen molar-refractivity contribution in [3.05, 3.63) is 167 Å². The Hall–Kier alpha value is -4.59. The SMILES string of the molecule is CC1C(CN(C)C(C)c2ccccc2)OC(c2ccc(-c3ccccc3CNC(=O)c3ccccc3)cc2)OC1c1ccc(CO)cc1. The van der Waals surface area contributed by atoms with Gasteiger partial charge in [0, 0.05) is 36.2 Å². The predicted octanol–water partition coefficient (Wildman–Crippen LogP) is 8.26. The first-order valence-corrected chi connectivity index (χ1v) is 16.7. The molecular weight excluding hydrogens is 596 g/mol. The van der Waals surface area contributed by atoms with Crippen LogP contribution in [0.4, 0.5) is 0 Å². The minimum Gasteiger partial charge on any atom is -0.392 e. The van der Waals surface area contributed by atoms with Gasteiger partial charge in [-0.1, -0.05) is 128 Å². The Labute approximate surface area is 284 Å². The highest BCUT2D eigenvalue weighted by Crippen LogP contribution is 2.42. The Morgan fingerprint density at radius 2 is 1.42 bits per heavy atom. The van der Waals surface area contributed by atoms with Gasteiger partial charge in [-0.05, 0) is 59.5 Å². The van der Waals surface area contributed by atoms with Crippen LogP contribution in [0.1, 0.15) is 70.5 Å². The number of aliphatic hydroxyl groups is 1. The van der Waals surface area contributed by atoms with E-state index in [0.717, 1.165) is 39.9 Å². The second-order valence-corrected chi connectivity index (χ2v) is 12.7. The van der Waals surface area contributed by atoms with Crippen molar-refractivity contribution in [2.75, 3.05) is 13.6 Å². The monoisotopic (exact) mass is 640 g/mol. The highest BCUT2D eigenvalue weighted by Gasteiger charge is 2.39. The number of rotatable bonds is 11. The Morgan fingerprint density at radius 3 is 2.10 bits per heavy atom. The molecule has 0 radical (unpaired) electrons. The van der Waals surface area contributed by atoms with E-state index in [2.05, 4.69) is 97.8 Å². The summed E-state index contributed by atoms with van der Waals surface area (Å²) in [5, 5.41) is 12.7. The number of hydrogen-bond donors (Lipinski definition) is 2. The Morgan fingerprint density at radius 1 is 0.792 bits per heavy atom. The van der Waals surface area contributed by atoms with Gasteiger partial charge in [-0.25, -0.2) is 0 Å². The molecule has 246 valence electrons. The number of nitrogens with one attached hydrogen (secondary N) is 1. The van der Waals surface area contributed by atoms with Crippen molar-refractivity contribution < 1.29 is 19.4 Å². The molecule has 1 fully saturated rings. The van der Waals surface area contributed by atoms with Gasteiger partial charge in [0.2, 0.25) is 0 Å². The van der Waals surface area contributed by atoms with E-state index in [4.69, 9.17) is 9.47 Å². The number of benzene rings is 5. The van der Waals surface area contributed by atoms with E-state index in [9.17, 15) is 9.90 Å². The number of ether oxygens (including phenoxy) is 2. The number of carbonyl (C=O) groups excluding carboxylic acids is 1. The zero-order chi connectivity index (χ0) is 33.5. The molecule has 5 aromatic carbocycles. The van der Waals surface area contributed by atoms with E-state index in [1.54, 1.807) is 0 Å². The lowest BCUT2D eigenvalue weighted by molar-refractivity contribution is -0.276. The molecule has 5 atom stereocenters. The summed E-state index contributed by atoms with van der Waals surface area (Å²) in [4.78, 5) is 15.1. The Kier molecular flexibility index (Phi) is 10.8. The van der Waals surface area contributed by atoms with E-state index < -0.39 is 6.29 Å². The lowest BCUT2D eigenvalue weighted by Crippen LogP contribution is -2.44. The molecule has 6 rings (SSSR count). The molecule has 0 saturated carbocycles. The average molecular weight is 641 g/mol. The van der Waals surface area contributed by atoms with Crippen molar-refractivity contribution in [2.45, 2.75) is 51.5 Å². The Balaban J connectivity index is 1.22. The van der Waals surface area contributed by atoms with Crippen LogP contribution < -0.4 is 5.32 Å². The maximum absolute atomic E-state index is 12.7. The molecule has 0 aromatic heterocycles. The van der Waals surface area contributed by atoms with Gasteiger partial charge >= 0.3 is 0 Å². The van der Waals surface area contributed by atoms with Crippen LogP contribution in [0.25, 0.3) is 11.1 Å². The first-order chi connectivity index (χ1) is 23.4. The number of nitrogens with zero attached hydrogens (tertiary/aromatic N) is 1. The molecule has 1 amide bonds. The maximum atomic E-state index is 12.7. The third kappa shape index (κ3) is 7.75. The van der Waals surface area contributed by atoms with Gasteiger partial charge in [-0.3, -0.25) is 9.69 Å². The fourth-order valence-corrected chi connectivity index (χ4v) is 6.40. The van der Waals surface area contributed by atoms with E-state index in [0.29, 0.717) is 12.1 Å². The average Bonchev–Trinajstić information content (AvgIpc) is 3.15. The summed E-state index contributed by atoms with van der Waals surface area (Å²) in [5.74, 6) is -0.00983. The molecule has 1 aliphatic rings. The Bertz CT molecular complexity index is 1760. The van der Waals surface area contributed by atoms with E-state index in [1.807, 2.05) is 66.7 Å². The number of carbonyl (C=O) groups is 1. The van der Waals surface area contributed by atoms with Crippen LogP contribution in [-0.4, -0.2) is 35.6 Å². The summed E-state index contributed by atoms with van der Waals surface area (Å²) in [7, 11) is 2.15. The van der Waals surface area contributed by atoms with Crippen LogP contribution in [0.15, 0.2) is 133 Å². The van der Waals surface area contributed by atoms with Gasteiger partial charge in [-0.2, -0.15) is 0 Å². The molecule has 5 aromatic rings. The van der Waals surface area contributed by atoms with Crippen molar-refractivity contribution >= 4 is 5.91 Å². The molecule has 0 bridgehead atoms. The third-order valence-corrected chi connectivity index (χ3v) is 9.52. The quantitative estimate of drug-likeness (QED) is 0.152. The number of amides is 1. The molecule has 6 nitrogen and oxygen atoms in total. The number of likely N-dealkylation sites (N-methyl/N-ethyl adjacent to an activating group) is 1. The summed E-state index contributed by atoms with van der Waals surface area (Å²) >= 11 is 0. The second kappa shape index (κ2) is 15.5. The van der Waals surface area contributed by atoms with Crippen LogP contribution in [-0.2, 0) is 22.6 Å². The highest BCUT2D eigenvalue weighted by atomic mass is 16.7. The summed E-state index contributed by atoms with van der Waals surface area (Å²) in [6.07, 6.45) is -0.824. The van der Waals surface area contributed by atoms with E-state index >= 15 is 0 Å². The van der Waals surface area contributed by atoms with Crippen LogP contribution in [0, 0.1) is 5.92 Å². The number of aliphatic hydroxyl groups excluding tert-OH is 1. The zero-order valence-corrected chi connectivity index (χ0v) is 27.8.